The lowest BCUT2D eigenvalue weighted by molar-refractivity contribution is -0.139. The first-order chi connectivity index (χ1) is 6.27. The molecular formula is C10H16O3. The minimum atomic E-state index is -0.346. The van der Waals surface area contributed by atoms with E-state index in [2.05, 4.69) is 13.5 Å². The molecule has 0 spiro atoms. The molecule has 0 saturated carbocycles. The second-order valence-corrected chi connectivity index (χ2v) is 3.25. The Balaban J connectivity index is 2.21. The first kappa shape index (κ1) is 10.3. The summed E-state index contributed by atoms with van der Waals surface area (Å²) in [6, 6.07) is 0. The molecule has 0 aromatic heterocycles. The van der Waals surface area contributed by atoms with Crippen molar-refractivity contribution in [3.63, 3.8) is 0 Å². The van der Waals surface area contributed by atoms with Crippen LogP contribution in [0.5, 0.6) is 0 Å². The van der Waals surface area contributed by atoms with Gasteiger partial charge in [0.2, 0.25) is 0 Å². The van der Waals surface area contributed by atoms with Gasteiger partial charge >= 0.3 is 5.97 Å². The number of esters is 1. The lowest BCUT2D eigenvalue weighted by atomic mass is 10.0. The normalized spacial score (nSPS) is 22.1. The minimum Gasteiger partial charge on any atom is -0.462 e. The summed E-state index contributed by atoms with van der Waals surface area (Å²) in [4.78, 5) is 10.8. The third kappa shape index (κ3) is 3.59. The van der Waals surface area contributed by atoms with E-state index in [1.54, 1.807) is 0 Å². The van der Waals surface area contributed by atoms with E-state index < -0.39 is 0 Å². The Hall–Kier alpha value is -0.830. The van der Waals surface area contributed by atoms with Crippen molar-refractivity contribution in [3.05, 3.63) is 12.7 Å². The Morgan fingerprint density at radius 1 is 1.85 bits per heavy atom. The van der Waals surface area contributed by atoms with Gasteiger partial charge in [-0.05, 0) is 6.42 Å². The van der Waals surface area contributed by atoms with Crippen molar-refractivity contribution in [1.82, 2.24) is 0 Å². The van der Waals surface area contributed by atoms with Crippen LogP contribution in [0.4, 0.5) is 0 Å². The quantitative estimate of drug-likeness (QED) is 0.357. The zero-order valence-electron chi connectivity index (χ0n) is 7.99. The monoisotopic (exact) mass is 184 g/mol. The average Bonchev–Trinajstić information content (AvgIpc) is 2.94. The molecule has 1 aliphatic heterocycles. The van der Waals surface area contributed by atoms with Crippen LogP contribution in [0, 0.1) is 5.92 Å². The maximum Gasteiger partial charge on any atom is 0.330 e. The standard InChI is InChI=1S/C10H16O3/c1-3-5-8(9-7-12-9)6-13-10(11)4-2/h4,8-9H,2-3,5-7H2,1H3. The van der Waals surface area contributed by atoms with E-state index in [0.29, 0.717) is 18.6 Å². The Morgan fingerprint density at radius 2 is 2.54 bits per heavy atom. The van der Waals surface area contributed by atoms with Crippen LogP contribution in [0.25, 0.3) is 0 Å². The van der Waals surface area contributed by atoms with Crippen LogP contribution in [-0.4, -0.2) is 25.3 Å². The fourth-order valence-corrected chi connectivity index (χ4v) is 1.32. The molecule has 1 rings (SSSR count). The first-order valence-electron chi connectivity index (χ1n) is 4.68. The van der Waals surface area contributed by atoms with Crippen molar-refractivity contribution in [2.24, 2.45) is 5.92 Å². The van der Waals surface area contributed by atoms with Gasteiger partial charge in [-0.2, -0.15) is 0 Å². The van der Waals surface area contributed by atoms with Crippen LogP contribution in [-0.2, 0) is 14.3 Å². The predicted molar refractivity (Wildman–Crippen MR) is 49.3 cm³/mol. The molecule has 0 N–H and O–H groups in total. The number of hydrogen-bond donors (Lipinski definition) is 0. The van der Waals surface area contributed by atoms with Crippen LogP contribution < -0.4 is 0 Å². The lowest BCUT2D eigenvalue weighted by Crippen LogP contribution is -2.17. The lowest BCUT2D eigenvalue weighted by Gasteiger charge is -2.12. The smallest absolute Gasteiger partial charge is 0.330 e. The topological polar surface area (TPSA) is 38.8 Å². The van der Waals surface area contributed by atoms with Crippen LogP contribution in [0.2, 0.25) is 0 Å². The van der Waals surface area contributed by atoms with Gasteiger partial charge in [0.1, 0.15) is 0 Å². The Labute approximate surface area is 78.7 Å². The average molecular weight is 184 g/mol. The molecule has 13 heavy (non-hydrogen) atoms. The van der Waals surface area contributed by atoms with E-state index in [0.717, 1.165) is 19.4 Å². The first-order valence-corrected chi connectivity index (χ1v) is 4.68. The molecule has 0 aromatic carbocycles. The highest BCUT2D eigenvalue weighted by Crippen LogP contribution is 2.24. The van der Waals surface area contributed by atoms with Gasteiger partial charge in [0.15, 0.2) is 0 Å². The SMILES string of the molecule is C=CC(=O)OCC(CCC)C1CO1. The van der Waals surface area contributed by atoms with Gasteiger partial charge in [0.05, 0.1) is 19.3 Å². The van der Waals surface area contributed by atoms with E-state index in [9.17, 15) is 4.79 Å². The third-order valence-electron chi connectivity index (χ3n) is 2.15. The Bertz CT molecular complexity index is 185. The van der Waals surface area contributed by atoms with Crippen LogP contribution in [0.1, 0.15) is 19.8 Å². The molecule has 1 aliphatic rings. The summed E-state index contributed by atoms with van der Waals surface area (Å²) in [5.41, 5.74) is 0. The number of hydrogen-bond acceptors (Lipinski definition) is 3. The van der Waals surface area contributed by atoms with Crippen molar-refractivity contribution in [2.75, 3.05) is 13.2 Å². The predicted octanol–water partition coefficient (Wildman–Crippen LogP) is 1.53. The summed E-state index contributed by atoms with van der Waals surface area (Å²) in [5, 5.41) is 0. The van der Waals surface area contributed by atoms with Crippen molar-refractivity contribution >= 4 is 5.97 Å². The molecule has 0 bridgehead atoms. The van der Waals surface area contributed by atoms with Gasteiger partial charge in [0.25, 0.3) is 0 Å². The Morgan fingerprint density at radius 3 is 3.00 bits per heavy atom. The van der Waals surface area contributed by atoms with Gasteiger partial charge in [-0.15, -0.1) is 0 Å². The molecule has 0 aliphatic carbocycles. The summed E-state index contributed by atoms with van der Waals surface area (Å²) in [5.74, 6) is 0.0238. The van der Waals surface area contributed by atoms with Crippen molar-refractivity contribution in [1.29, 1.82) is 0 Å². The molecule has 0 radical (unpaired) electrons. The molecule has 0 amide bonds. The highest BCUT2D eigenvalue weighted by molar-refractivity contribution is 5.81. The number of carbonyl (C=O) groups excluding carboxylic acids is 1. The minimum absolute atomic E-state index is 0.317. The second kappa shape index (κ2) is 5.02. The van der Waals surface area contributed by atoms with Crippen LogP contribution >= 0.6 is 0 Å². The van der Waals surface area contributed by atoms with Gasteiger partial charge in [-0.25, -0.2) is 4.79 Å². The molecular weight excluding hydrogens is 168 g/mol. The molecule has 3 nitrogen and oxygen atoms in total. The highest BCUT2D eigenvalue weighted by Gasteiger charge is 2.32. The number of ether oxygens (including phenoxy) is 2. The molecule has 3 heteroatoms. The molecule has 1 heterocycles. The zero-order valence-corrected chi connectivity index (χ0v) is 7.99. The van der Waals surface area contributed by atoms with E-state index in [1.807, 2.05) is 0 Å². The van der Waals surface area contributed by atoms with Gasteiger partial charge in [-0.1, -0.05) is 19.9 Å². The van der Waals surface area contributed by atoms with E-state index >= 15 is 0 Å². The van der Waals surface area contributed by atoms with E-state index in [4.69, 9.17) is 9.47 Å². The molecule has 0 aromatic rings. The van der Waals surface area contributed by atoms with Crippen LogP contribution in [0.15, 0.2) is 12.7 Å². The van der Waals surface area contributed by atoms with Crippen molar-refractivity contribution in [2.45, 2.75) is 25.9 Å². The maximum absolute atomic E-state index is 10.8. The largest absolute Gasteiger partial charge is 0.462 e. The summed E-state index contributed by atoms with van der Waals surface area (Å²) >= 11 is 0. The molecule has 1 fully saturated rings. The van der Waals surface area contributed by atoms with E-state index in [-0.39, 0.29) is 5.97 Å². The fourth-order valence-electron chi connectivity index (χ4n) is 1.32. The zero-order chi connectivity index (χ0) is 9.68. The third-order valence-corrected chi connectivity index (χ3v) is 2.15. The molecule has 1 saturated heterocycles. The molecule has 74 valence electrons. The second-order valence-electron chi connectivity index (χ2n) is 3.25. The summed E-state index contributed by atoms with van der Waals surface area (Å²) in [7, 11) is 0. The van der Waals surface area contributed by atoms with Crippen LogP contribution in [0.3, 0.4) is 0 Å². The molecule has 2 unspecified atom stereocenters. The maximum atomic E-state index is 10.8. The number of epoxide rings is 1. The summed E-state index contributed by atoms with van der Waals surface area (Å²) < 4.78 is 10.1. The highest BCUT2D eigenvalue weighted by atomic mass is 16.6. The molecule has 2 atom stereocenters. The fraction of sp³-hybridized carbons (Fsp3) is 0.700. The summed E-state index contributed by atoms with van der Waals surface area (Å²) in [6.07, 6.45) is 3.65. The van der Waals surface area contributed by atoms with Crippen molar-refractivity contribution in [3.8, 4) is 0 Å². The number of carbonyl (C=O) groups is 1. The van der Waals surface area contributed by atoms with Gasteiger partial charge in [0, 0.05) is 12.0 Å². The Kier molecular flexibility index (Phi) is 3.96. The van der Waals surface area contributed by atoms with Gasteiger partial charge < -0.3 is 9.47 Å². The number of rotatable bonds is 6. The van der Waals surface area contributed by atoms with Crippen molar-refractivity contribution < 1.29 is 14.3 Å². The van der Waals surface area contributed by atoms with E-state index in [1.165, 1.54) is 6.08 Å². The summed E-state index contributed by atoms with van der Waals surface area (Å²) in [6.45, 7) is 6.73. The van der Waals surface area contributed by atoms with Gasteiger partial charge in [-0.3, -0.25) is 0 Å².